The number of rotatable bonds is 4. The molecule has 0 aliphatic carbocycles. The molecule has 1 atom stereocenters. The number of aromatic nitrogens is 2. The maximum Gasteiger partial charge on any atom is 0.138 e. The average molecular weight is 256 g/mol. The van der Waals surface area contributed by atoms with Crippen LogP contribution in [0.5, 0.6) is 5.75 Å². The monoisotopic (exact) mass is 256 g/mol. The number of nitrogens with one attached hydrogen (secondary N) is 1. The molecule has 0 saturated heterocycles. The topological polar surface area (TPSA) is 53.5 Å². The van der Waals surface area contributed by atoms with E-state index >= 15 is 0 Å². The molecule has 98 valence electrons. The van der Waals surface area contributed by atoms with Crippen LogP contribution in [0.3, 0.4) is 0 Å². The van der Waals surface area contributed by atoms with Gasteiger partial charge in [0, 0.05) is 37.3 Å². The molecule has 19 heavy (non-hydrogen) atoms. The summed E-state index contributed by atoms with van der Waals surface area (Å²) in [5.41, 5.74) is 2.09. The number of fused-ring (bicyclic) bond motifs is 1. The van der Waals surface area contributed by atoms with Gasteiger partial charge >= 0.3 is 0 Å². The van der Waals surface area contributed by atoms with E-state index in [0.29, 0.717) is 12.5 Å². The molecule has 2 aromatic rings. The summed E-state index contributed by atoms with van der Waals surface area (Å²) < 4.78 is 5.53. The third-order valence-electron chi connectivity index (χ3n) is 3.21. The number of hydrogen-bond donors (Lipinski definition) is 1. The van der Waals surface area contributed by atoms with Gasteiger partial charge < -0.3 is 9.72 Å². The normalized spacial score (nSPS) is 18.2. The minimum atomic E-state index is 0.301. The molecule has 0 spiro atoms. The second-order valence-electron chi connectivity index (χ2n) is 4.62. The van der Waals surface area contributed by atoms with E-state index in [9.17, 15) is 0 Å². The average Bonchev–Trinajstić information content (AvgIpc) is 3.01. The lowest BCUT2D eigenvalue weighted by molar-refractivity contribution is 0.362. The maximum atomic E-state index is 5.53. The molecule has 0 aromatic carbocycles. The van der Waals surface area contributed by atoms with Crippen LogP contribution < -0.4 is 4.74 Å². The Morgan fingerprint density at radius 2 is 2.53 bits per heavy atom. The number of ether oxygens (including phenoxy) is 1. The zero-order valence-corrected chi connectivity index (χ0v) is 10.8. The van der Waals surface area contributed by atoms with Crippen molar-refractivity contribution in [1.29, 1.82) is 0 Å². The van der Waals surface area contributed by atoms with Gasteiger partial charge in [0.25, 0.3) is 0 Å². The summed E-state index contributed by atoms with van der Waals surface area (Å²) in [6, 6.07) is 2.02. The Morgan fingerprint density at radius 1 is 1.63 bits per heavy atom. The highest BCUT2D eigenvalue weighted by Crippen LogP contribution is 2.28. The SMILES string of the molecule is C=CCOc1cnc2[nH]cc(C3C=NN(C)C3)c2c1. The summed E-state index contributed by atoms with van der Waals surface area (Å²) in [4.78, 5) is 7.57. The van der Waals surface area contributed by atoms with Crippen LogP contribution in [0.1, 0.15) is 11.5 Å². The van der Waals surface area contributed by atoms with Crippen molar-refractivity contribution in [2.24, 2.45) is 5.10 Å². The lowest BCUT2D eigenvalue weighted by Crippen LogP contribution is -2.11. The highest BCUT2D eigenvalue weighted by atomic mass is 16.5. The fraction of sp³-hybridized carbons (Fsp3) is 0.286. The molecule has 1 unspecified atom stereocenters. The number of hydrogen-bond acceptors (Lipinski definition) is 4. The minimum Gasteiger partial charge on any atom is -0.488 e. The summed E-state index contributed by atoms with van der Waals surface area (Å²) in [5, 5.41) is 7.31. The Balaban J connectivity index is 1.96. The smallest absolute Gasteiger partial charge is 0.138 e. The minimum absolute atomic E-state index is 0.301. The number of hydrazone groups is 1. The second-order valence-corrected chi connectivity index (χ2v) is 4.62. The molecule has 1 aliphatic heterocycles. The molecule has 0 fully saturated rings. The zero-order chi connectivity index (χ0) is 13.2. The molecule has 1 N–H and O–H groups in total. The maximum absolute atomic E-state index is 5.53. The van der Waals surface area contributed by atoms with Gasteiger partial charge in [-0.05, 0) is 11.6 Å². The molecule has 0 saturated carbocycles. The van der Waals surface area contributed by atoms with E-state index in [1.807, 2.05) is 30.5 Å². The van der Waals surface area contributed by atoms with Crippen molar-refractivity contribution in [3.63, 3.8) is 0 Å². The van der Waals surface area contributed by atoms with Gasteiger partial charge in [-0.3, -0.25) is 5.01 Å². The lowest BCUT2D eigenvalue weighted by Gasteiger charge is -2.09. The summed E-state index contributed by atoms with van der Waals surface area (Å²) in [6.07, 6.45) is 7.42. The van der Waals surface area contributed by atoms with Crippen LogP contribution >= 0.6 is 0 Å². The number of nitrogens with zero attached hydrogens (tertiary/aromatic N) is 3. The summed E-state index contributed by atoms with van der Waals surface area (Å²) >= 11 is 0. The molecule has 0 bridgehead atoms. The van der Waals surface area contributed by atoms with Crippen LogP contribution in [0.25, 0.3) is 11.0 Å². The fourth-order valence-electron chi connectivity index (χ4n) is 2.30. The Hall–Kier alpha value is -2.30. The van der Waals surface area contributed by atoms with Crippen LogP contribution in [0.15, 0.2) is 36.2 Å². The summed E-state index contributed by atoms with van der Waals surface area (Å²) in [5.74, 6) is 1.06. The van der Waals surface area contributed by atoms with E-state index in [4.69, 9.17) is 4.74 Å². The number of H-pyrrole nitrogens is 1. The van der Waals surface area contributed by atoms with E-state index < -0.39 is 0 Å². The van der Waals surface area contributed by atoms with Gasteiger partial charge in [-0.25, -0.2) is 4.98 Å². The van der Waals surface area contributed by atoms with Crippen molar-refractivity contribution >= 4 is 17.2 Å². The third kappa shape index (κ3) is 2.19. The van der Waals surface area contributed by atoms with Crippen molar-refractivity contribution in [2.45, 2.75) is 5.92 Å². The van der Waals surface area contributed by atoms with Crippen molar-refractivity contribution in [1.82, 2.24) is 15.0 Å². The Kier molecular flexibility index (Phi) is 2.95. The number of aromatic amines is 1. The second kappa shape index (κ2) is 4.76. The van der Waals surface area contributed by atoms with Crippen molar-refractivity contribution in [3.05, 3.63) is 36.7 Å². The number of pyridine rings is 1. The highest BCUT2D eigenvalue weighted by Gasteiger charge is 2.20. The third-order valence-corrected chi connectivity index (χ3v) is 3.21. The van der Waals surface area contributed by atoms with Gasteiger partial charge in [0.2, 0.25) is 0 Å². The predicted octanol–water partition coefficient (Wildman–Crippen LogP) is 2.14. The quantitative estimate of drug-likeness (QED) is 0.853. The van der Waals surface area contributed by atoms with Crippen LogP contribution in [-0.2, 0) is 0 Å². The van der Waals surface area contributed by atoms with Gasteiger partial charge in [-0.2, -0.15) is 5.10 Å². The largest absolute Gasteiger partial charge is 0.488 e. The van der Waals surface area contributed by atoms with E-state index in [-0.39, 0.29) is 0 Å². The molecular formula is C14H16N4O. The van der Waals surface area contributed by atoms with Gasteiger partial charge in [-0.1, -0.05) is 12.7 Å². The Bertz CT molecular complexity index is 631. The molecule has 2 aromatic heterocycles. The molecular weight excluding hydrogens is 240 g/mol. The Morgan fingerprint density at radius 3 is 3.26 bits per heavy atom. The van der Waals surface area contributed by atoms with E-state index in [0.717, 1.165) is 23.3 Å². The molecule has 5 nitrogen and oxygen atoms in total. The van der Waals surface area contributed by atoms with E-state index in [1.54, 1.807) is 12.3 Å². The van der Waals surface area contributed by atoms with Crippen LogP contribution in [-0.4, -0.2) is 41.4 Å². The predicted molar refractivity (Wildman–Crippen MR) is 75.6 cm³/mol. The van der Waals surface area contributed by atoms with Gasteiger partial charge in [-0.15, -0.1) is 0 Å². The molecule has 1 aliphatic rings. The molecule has 0 radical (unpaired) electrons. The first-order valence-corrected chi connectivity index (χ1v) is 6.24. The van der Waals surface area contributed by atoms with Gasteiger partial charge in [0.15, 0.2) is 0 Å². The van der Waals surface area contributed by atoms with E-state index in [2.05, 4.69) is 21.6 Å². The van der Waals surface area contributed by atoms with Crippen LogP contribution in [0.4, 0.5) is 0 Å². The first-order valence-electron chi connectivity index (χ1n) is 6.24. The standard InChI is InChI=1S/C14H16N4O/c1-3-4-19-11-5-12-13(8-16-14(12)15-7-11)10-6-17-18(2)9-10/h3,5-8,10H,1,4,9H2,2H3,(H,15,16). The first-order chi connectivity index (χ1) is 9.28. The van der Waals surface area contributed by atoms with Crippen molar-refractivity contribution < 1.29 is 4.74 Å². The first kappa shape index (κ1) is 11.8. The molecule has 3 rings (SSSR count). The fourth-order valence-corrected chi connectivity index (χ4v) is 2.30. The van der Waals surface area contributed by atoms with E-state index in [1.165, 1.54) is 5.56 Å². The molecule has 5 heteroatoms. The zero-order valence-electron chi connectivity index (χ0n) is 10.8. The van der Waals surface area contributed by atoms with Gasteiger partial charge in [0.1, 0.15) is 18.0 Å². The Labute approximate surface area is 111 Å². The molecule has 3 heterocycles. The van der Waals surface area contributed by atoms with Gasteiger partial charge in [0.05, 0.1) is 6.20 Å². The lowest BCUT2D eigenvalue weighted by atomic mass is 10.0. The van der Waals surface area contributed by atoms with Crippen molar-refractivity contribution in [2.75, 3.05) is 20.2 Å². The molecule has 0 amide bonds. The summed E-state index contributed by atoms with van der Waals surface area (Å²) in [7, 11) is 1.97. The van der Waals surface area contributed by atoms with Crippen LogP contribution in [0.2, 0.25) is 0 Å². The number of likely N-dealkylation sites (N-methyl/N-ethyl adjacent to an activating group) is 1. The summed E-state index contributed by atoms with van der Waals surface area (Å²) in [6.45, 7) is 5.02. The van der Waals surface area contributed by atoms with Crippen LogP contribution in [0, 0.1) is 0 Å². The van der Waals surface area contributed by atoms with Crippen molar-refractivity contribution in [3.8, 4) is 5.75 Å². The highest BCUT2D eigenvalue weighted by molar-refractivity contribution is 5.86.